The maximum atomic E-state index is 9.35. The minimum atomic E-state index is 0.398. The second-order valence-electron chi connectivity index (χ2n) is 4.51. The van der Waals surface area contributed by atoms with Gasteiger partial charge in [-0.1, -0.05) is 47.1 Å². The van der Waals surface area contributed by atoms with Gasteiger partial charge in [0.05, 0.1) is 0 Å². The van der Waals surface area contributed by atoms with Gasteiger partial charge >= 0.3 is 0 Å². The molecule has 20 heavy (non-hydrogen) atoms. The summed E-state index contributed by atoms with van der Waals surface area (Å²) in [6.45, 7) is 1.95. The van der Waals surface area contributed by atoms with Crippen LogP contribution >= 0.6 is 11.6 Å². The van der Waals surface area contributed by atoms with E-state index in [2.05, 4.69) is 5.16 Å². The highest BCUT2D eigenvalue weighted by atomic mass is 35.5. The van der Waals surface area contributed by atoms with Crippen molar-refractivity contribution in [3.8, 4) is 0 Å². The fourth-order valence-corrected chi connectivity index (χ4v) is 2.37. The molecule has 0 saturated heterocycles. The molecule has 3 rings (SSSR count). The summed E-state index contributed by atoms with van der Waals surface area (Å²) in [5.41, 5.74) is 2.87. The van der Waals surface area contributed by atoms with Crippen LogP contribution in [0.25, 0.3) is 11.0 Å². The van der Waals surface area contributed by atoms with Crippen LogP contribution in [0.4, 0.5) is 0 Å². The Kier molecular flexibility index (Phi) is 3.20. The summed E-state index contributed by atoms with van der Waals surface area (Å²) in [7, 11) is 0. The number of para-hydroxylation sites is 1. The van der Waals surface area contributed by atoms with Gasteiger partial charge < -0.3 is 9.62 Å². The van der Waals surface area contributed by atoms with E-state index < -0.39 is 0 Å². The summed E-state index contributed by atoms with van der Waals surface area (Å²) in [4.78, 5) is 0. The number of oxime groups is 1. The lowest BCUT2D eigenvalue weighted by molar-refractivity contribution is 0.318. The second kappa shape index (κ2) is 5.02. The van der Waals surface area contributed by atoms with E-state index >= 15 is 0 Å². The Hall–Kier alpha value is -2.26. The molecule has 3 nitrogen and oxygen atoms in total. The van der Waals surface area contributed by atoms with Crippen LogP contribution < -0.4 is 0 Å². The number of hydrogen-bond acceptors (Lipinski definition) is 3. The fourth-order valence-electron chi connectivity index (χ4n) is 2.24. The Labute approximate surface area is 121 Å². The summed E-state index contributed by atoms with van der Waals surface area (Å²) < 4.78 is 5.81. The standard InChI is InChI=1S/C16H12ClNO2/c1-10-13-4-2-3-5-14(13)20-16(10)15(18-19)11-6-8-12(17)9-7-11/h2-9,19H,1H3/b18-15+. The van der Waals surface area contributed by atoms with Gasteiger partial charge in [-0.2, -0.15) is 0 Å². The molecule has 1 N–H and O–H groups in total. The first-order valence-corrected chi connectivity index (χ1v) is 6.55. The van der Waals surface area contributed by atoms with Crippen LogP contribution in [0.2, 0.25) is 5.02 Å². The zero-order valence-corrected chi connectivity index (χ0v) is 11.6. The van der Waals surface area contributed by atoms with Crippen molar-refractivity contribution in [3.05, 3.63) is 70.4 Å². The molecule has 0 aliphatic carbocycles. The molecule has 0 fully saturated rings. The minimum absolute atomic E-state index is 0.398. The summed E-state index contributed by atoms with van der Waals surface area (Å²) in [6.07, 6.45) is 0. The molecular formula is C16H12ClNO2. The number of benzene rings is 2. The predicted molar refractivity (Wildman–Crippen MR) is 79.8 cm³/mol. The third kappa shape index (κ3) is 2.06. The predicted octanol–water partition coefficient (Wildman–Crippen LogP) is 4.62. The van der Waals surface area contributed by atoms with E-state index in [9.17, 15) is 5.21 Å². The van der Waals surface area contributed by atoms with Crippen LogP contribution in [-0.2, 0) is 0 Å². The molecule has 1 heterocycles. The Bertz CT molecular complexity index is 788. The smallest absolute Gasteiger partial charge is 0.160 e. The fraction of sp³-hybridized carbons (Fsp3) is 0.0625. The van der Waals surface area contributed by atoms with E-state index in [0.717, 1.165) is 22.1 Å². The quantitative estimate of drug-likeness (QED) is 0.424. The lowest BCUT2D eigenvalue weighted by Crippen LogP contribution is -2.03. The van der Waals surface area contributed by atoms with Crippen molar-refractivity contribution in [2.75, 3.05) is 0 Å². The largest absolute Gasteiger partial charge is 0.454 e. The molecule has 4 heteroatoms. The Morgan fingerprint density at radius 1 is 1.10 bits per heavy atom. The van der Waals surface area contributed by atoms with Gasteiger partial charge in [-0.25, -0.2) is 0 Å². The third-order valence-electron chi connectivity index (χ3n) is 3.28. The maximum Gasteiger partial charge on any atom is 0.160 e. The van der Waals surface area contributed by atoms with E-state index in [1.54, 1.807) is 24.3 Å². The highest BCUT2D eigenvalue weighted by molar-refractivity contribution is 6.30. The summed E-state index contributed by atoms with van der Waals surface area (Å²) in [6, 6.07) is 14.8. The highest BCUT2D eigenvalue weighted by Crippen LogP contribution is 2.27. The summed E-state index contributed by atoms with van der Waals surface area (Å²) in [5, 5.41) is 14.4. The first-order chi connectivity index (χ1) is 9.70. The Balaban J connectivity index is 2.17. The molecule has 0 bridgehead atoms. The average molecular weight is 286 g/mol. The van der Waals surface area contributed by atoms with Gasteiger partial charge in [-0.05, 0) is 25.1 Å². The van der Waals surface area contributed by atoms with Crippen molar-refractivity contribution in [2.24, 2.45) is 5.16 Å². The number of aryl methyl sites for hydroxylation is 1. The van der Waals surface area contributed by atoms with E-state index in [1.165, 1.54) is 0 Å². The normalized spacial score (nSPS) is 12.0. The first-order valence-electron chi connectivity index (χ1n) is 6.17. The van der Waals surface area contributed by atoms with Gasteiger partial charge in [0.25, 0.3) is 0 Å². The van der Waals surface area contributed by atoms with Gasteiger partial charge in [0.2, 0.25) is 0 Å². The van der Waals surface area contributed by atoms with E-state index in [4.69, 9.17) is 16.0 Å². The van der Waals surface area contributed by atoms with Crippen LogP contribution in [0.1, 0.15) is 16.9 Å². The van der Waals surface area contributed by atoms with Crippen LogP contribution in [0.3, 0.4) is 0 Å². The van der Waals surface area contributed by atoms with Crippen LogP contribution in [0.15, 0.2) is 58.1 Å². The molecule has 0 aliphatic heterocycles. The first kappa shape index (κ1) is 12.8. The molecule has 0 aliphatic rings. The van der Waals surface area contributed by atoms with Gasteiger partial charge in [-0.3, -0.25) is 0 Å². The molecule has 0 atom stereocenters. The molecule has 2 aromatic carbocycles. The third-order valence-corrected chi connectivity index (χ3v) is 3.53. The number of nitrogens with zero attached hydrogens (tertiary/aromatic N) is 1. The maximum absolute atomic E-state index is 9.35. The molecule has 0 radical (unpaired) electrons. The van der Waals surface area contributed by atoms with Crippen molar-refractivity contribution in [2.45, 2.75) is 6.92 Å². The molecule has 0 saturated carbocycles. The zero-order chi connectivity index (χ0) is 14.1. The van der Waals surface area contributed by atoms with Gasteiger partial charge in [0.15, 0.2) is 11.5 Å². The van der Waals surface area contributed by atoms with E-state index in [0.29, 0.717) is 16.5 Å². The van der Waals surface area contributed by atoms with Crippen molar-refractivity contribution in [1.29, 1.82) is 0 Å². The molecule has 0 unspecified atom stereocenters. The summed E-state index contributed by atoms with van der Waals surface area (Å²) >= 11 is 5.88. The zero-order valence-electron chi connectivity index (χ0n) is 10.8. The van der Waals surface area contributed by atoms with E-state index in [-0.39, 0.29) is 0 Å². The molecule has 100 valence electrons. The minimum Gasteiger partial charge on any atom is -0.454 e. The molecule has 3 aromatic rings. The van der Waals surface area contributed by atoms with Crippen LogP contribution in [0.5, 0.6) is 0 Å². The van der Waals surface area contributed by atoms with Crippen molar-refractivity contribution in [3.63, 3.8) is 0 Å². The van der Waals surface area contributed by atoms with Crippen molar-refractivity contribution < 1.29 is 9.62 Å². The molecule has 1 aromatic heterocycles. The van der Waals surface area contributed by atoms with Gasteiger partial charge in [0, 0.05) is 21.5 Å². The lowest BCUT2D eigenvalue weighted by atomic mass is 10.0. The average Bonchev–Trinajstić information content (AvgIpc) is 2.80. The van der Waals surface area contributed by atoms with Crippen molar-refractivity contribution >= 4 is 28.3 Å². The molecular weight excluding hydrogens is 274 g/mol. The number of halogens is 1. The van der Waals surface area contributed by atoms with Gasteiger partial charge in [-0.15, -0.1) is 0 Å². The van der Waals surface area contributed by atoms with E-state index in [1.807, 2.05) is 31.2 Å². The monoisotopic (exact) mass is 285 g/mol. The molecule has 0 spiro atoms. The number of hydrogen-bond donors (Lipinski definition) is 1. The topological polar surface area (TPSA) is 45.7 Å². The number of rotatable bonds is 2. The lowest BCUT2D eigenvalue weighted by Gasteiger charge is -2.03. The molecule has 0 amide bonds. The van der Waals surface area contributed by atoms with Crippen LogP contribution in [0, 0.1) is 6.92 Å². The highest BCUT2D eigenvalue weighted by Gasteiger charge is 2.17. The van der Waals surface area contributed by atoms with Crippen molar-refractivity contribution in [1.82, 2.24) is 0 Å². The SMILES string of the molecule is Cc1c(/C(=N/O)c2ccc(Cl)cc2)oc2ccccc12. The number of fused-ring (bicyclic) bond motifs is 1. The van der Waals surface area contributed by atoms with Crippen LogP contribution in [-0.4, -0.2) is 10.9 Å². The Morgan fingerprint density at radius 2 is 1.80 bits per heavy atom. The summed E-state index contributed by atoms with van der Waals surface area (Å²) in [5.74, 6) is 0.566. The second-order valence-corrected chi connectivity index (χ2v) is 4.94. The Morgan fingerprint density at radius 3 is 2.45 bits per heavy atom. The number of furan rings is 1. The van der Waals surface area contributed by atoms with Gasteiger partial charge in [0.1, 0.15) is 5.58 Å².